The first kappa shape index (κ1) is 12.4. The lowest BCUT2D eigenvalue weighted by molar-refractivity contribution is 0.728. The van der Waals surface area contributed by atoms with E-state index >= 15 is 0 Å². The van der Waals surface area contributed by atoms with Crippen LogP contribution in [-0.4, -0.2) is 15.0 Å². The van der Waals surface area contributed by atoms with Crippen LogP contribution in [0, 0.1) is 12.8 Å². The first-order chi connectivity index (χ1) is 9.13. The Hall–Kier alpha value is -1.61. The van der Waals surface area contributed by atoms with Gasteiger partial charge >= 0.3 is 0 Å². The summed E-state index contributed by atoms with van der Waals surface area (Å²) in [5, 5.41) is 0.496. The van der Waals surface area contributed by atoms with Crippen molar-refractivity contribution in [3.05, 3.63) is 46.5 Å². The van der Waals surface area contributed by atoms with E-state index < -0.39 is 0 Å². The van der Waals surface area contributed by atoms with Crippen LogP contribution < -0.4 is 0 Å². The molecule has 19 heavy (non-hydrogen) atoms. The third kappa shape index (κ3) is 2.43. The highest BCUT2D eigenvalue weighted by atomic mass is 35.5. The normalized spacial score (nSPS) is 18.9. The molecule has 0 fully saturated rings. The SMILES string of the molecule is Cc1nc(Cl)c2[nH]cc(CC3=CCC(C)C=C3)c2n1. The second-order valence-corrected chi connectivity index (χ2v) is 5.49. The van der Waals surface area contributed by atoms with Gasteiger partial charge in [-0.05, 0) is 24.8 Å². The lowest BCUT2D eigenvalue weighted by Crippen LogP contribution is -1.97. The molecule has 0 bridgehead atoms. The molecule has 0 saturated heterocycles. The molecule has 3 nitrogen and oxygen atoms in total. The molecule has 2 heterocycles. The predicted molar refractivity (Wildman–Crippen MR) is 78.3 cm³/mol. The Morgan fingerprint density at radius 1 is 1.42 bits per heavy atom. The Bertz CT molecular complexity index is 682. The molecule has 0 aromatic carbocycles. The summed E-state index contributed by atoms with van der Waals surface area (Å²) in [5.41, 5.74) is 4.28. The predicted octanol–water partition coefficient (Wildman–Crippen LogP) is 3.98. The minimum absolute atomic E-state index is 0.496. The molecule has 98 valence electrons. The quantitative estimate of drug-likeness (QED) is 0.841. The standard InChI is InChI=1S/C15H16ClN3/c1-9-3-5-11(6-4-9)7-12-8-17-14-13(12)18-10(2)19-15(14)16/h3,5-6,8-9,17H,4,7H2,1-2H3. The third-order valence-corrected chi connectivity index (χ3v) is 3.73. The maximum atomic E-state index is 6.13. The Kier molecular flexibility index (Phi) is 3.15. The molecule has 2 aromatic rings. The van der Waals surface area contributed by atoms with Gasteiger partial charge in [-0.3, -0.25) is 0 Å². The van der Waals surface area contributed by atoms with Gasteiger partial charge in [0.1, 0.15) is 11.3 Å². The van der Waals surface area contributed by atoms with Crippen molar-refractivity contribution in [2.45, 2.75) is 26.7 Å². The zero-order chi connectivity index (χ0) is 13.4. The minimum atomic E-state index is 0.496. The second kappa shape index (κ2) is 4.82. The van der Waals surface area contributed by atoms with Crippen LogP contribution in [-0.2, 0) is 6.42 Å². The van der Waals surface area contributed by atoms with Gasteiger partial charge in [0.2, 0.25) is 0 Å². The summed E-state index contributed by atoms with van der Waals surface area (Å²) in [6.07, 6.45) is 10.8. The summed E-state index contributed by atoms with van der Waals surface area (Å²) >= 11 is 6.13. The van der Waals surface area contributed by atoms with Crippen LogP contribution in [0.5, 0.6) is 0 Å². The molecule has 4 heteroatoms. The number of hydrogen-bond donors (Lipinski definition) is 1. The Morgan fingerprint density at radius 3 is 3.00 bits per heavy atom. The Morgan fingerprint density at radius 2 is 2.26 bits per heavy atom. The summed E-state index contributed by atoms with van der Waals surface area (Å²) in [6.45, 7) is 4.09. The molecule has 1 aliphatic carbocycles. The Balaban J connectivity index is 1.96. The van der Waals surface area contributed by atoms with E-state index in [4.69, 9.17) is 11.6 Å². The summed E-state index contributed by atoms with van der Waals surface area (Å²) < 4.78 is 0. The average Bonchev–Trinajstić information content (AvgIpc) is 2.76. The molecular weight excluding hydrogens is 258 g/mol. The number of rotatable bonds is 2. The number of halogens is 1. The van der Waals surface area contributed by atoms with Gasteiger partial charge in [0.05, 0.1) is 5.52 Å². The molecule has 2 aromatic heterocycles. The van der Waals surface area contributed by atoms with E-state index in [-0.39, 0.29) is 0 Å². The number of aromatic nitrogens is 3. The number of nitrogens with one attached hydrogen (secondary N) is 1. The molecule has 1 aliphatic rings. The maximum absolute atomic E-state index is 6.13. The van der Waals surface area contributed by atoms with Crippen LogP contribution >= 0.6 is 11.6 Å². The van der Waals surface area contributed by atoms with Crippen molar-refractivity contribution < 1.29 is 0 Å². The summed E-state index contributed by atoms with van der Waals surface area (Å²) in [7, 11) is 0. The summed E-state index contributed by atoms with van der Waals surface area (Å²) in [5.74, 6) is 1.35. The van der Waals surface area contributed by atoms with Gasteiger partial charge in [-0.25, -0.2) is 9.97 Å². The van der Waals surface area contributed by atoms with Crippen molar-refractivity contribution in [3.63, 3.8) is 0 Å². The van der Waals surface area contributed by atoms with E-state index in [0.29, 0.717) is 16.9 Å². The monoisotopic (exact) mass is 273 g/mol. The molecular formula is C15H16ClN3. The van der Waals surface area contributed by atoms with E-state index in [9.17, 15) is 0 Å². The molecule has 3 rings (SSSR count). The highest BCUT2D eigenvalue weighted by Crippen LogP contribution is 2.26. The van der Waals surface area contributed by atoms with E-state index in [1.54, 1.807) is 0 Å². The van der Waals surface area contributed by atoms with Gasteiger partial charge in [0.15, 0.2) is 5.15 Å². The fourth-order valence-electron chi connectivity index (χ4n) is 2.38. The highest BCUT2D eigenvalue weighted by molar-refractivity contribution is 6.33. The molecule has 1 N–H and O–H groups in total. The molecule has 1 atom stereocenters. The highest BCUT2D eigenvalue weighted by Gasteiger charge is 2.12. The summed E-state index contributed by atoms with van der Waals surface area (Å²) in [6, 6.07) is 0. The molecule has 0 aliphatic heterocycles. The van der Waals surface area contributed by atoms with Gasteiger partial charge in [-0.2, -0.15) is 0 Å². The van der Waals surface area contributed by atoms with Crippen molar-refractivity contribution >= 4 is 22.6 Å². The average molecular weight is 274 g/mol. The number of aryl methyl sites for hydroxylation is 1. The fourth-order valence-corrected chi connectivity index (χ4v) is 2.65. The third-order valence-electron chi connectivity index (χ3n) is 3.46. The van der Waals surface area contributed by atoms with Crippen molar-refractivity contribution in [1.29, 1.82) is 0 Å². The second-order valence-electron chi connectivity index (χ2n) is 5.13. The number of H-pyrrole nitrogens is 1. The van der Waals surface area contributed by atoms with Gasteiger partial charge in [0.25, 0.3) is 0 Å². The molecule has 0 amide bonds. The van der Waals surface area contributed by atoms with Crippen LogP contribution in [0.4, 0.5) is 0 Å². The maximum Gasteiger partial charge on any atom is 0.156 e. The van der Waals surface area contributed by atoms with Crippen molar-refractivity contribution in [2.75, 3.05) is 0 Å². The van der Waals surface area contributed by atoms with Crippen LogP contribution in [0.1, 0.15) is 24.7 Å². The van der Waals surface area contributed by atoms with Crippen molar-refractivity contribution in [2.24, 2.45) is 5.92 Å². The topological polar surface area (TPSA) is 41.6 Å². The largest absolute Gasteiger partial charge is 0.357 e. The number of hydrogen-bond acceptors (Lipinski definition) is 2. The van der Waals surface area contributed by atoms with E-state index in [0.717, 1.165) is 23.9 Å². The van der Waals surface area contributed by atoms with E-state index in [1.807, 2.05) is 13.1 Å². The van der Waals surface area contributed by atoms with E-state index in [2.05, 4.69) is 40.1 Å². The van der Waals surface area contributed by atoms with Gasteiger partial charge in [0, 0.05) is 18.2 Å². The number of nitrogens with zero attached hydrogens (tertiary/aromatic N) is 2. The van der Waals surface area contributed by atoms with Gasteiger partial charge < -0.3 is 4.98 Å². The van der Waals surface area contributed by atoms with Gasteiger partial charge in [-0.15, -0.1) is 0 Å². The van der Waals surface area contributed by atoms with Crippen molar-refractivity contribution in [1.82, 2.24) is 15.0 Å². The zero-order valence-electron chi connectivity index (χ0n) is 11.1. The molecule has 1 unspecified atom stereocenters. The lowest BCUT2D eigenvalue weighted by Gasteiger charge is -2.11. The van der Waals surface area contributed by atoms with Crippen LogP contribution in [0.3, 0.4) is 0 Å². The number of fused-ring (bicyclic) bond motifs is 1. The molecule has 0 saturated carbocycles. The van der Waals surface area contributed by atoms with Crippen LogP contribution in [0.2, 0.25) is 5.15 Å². The lowest BCUT2D eigenvalue weighted by atomic mass is 9.95. The Labute approximate surface area is 117 Å². The van der Waals surface area contributed by atoms with Crippen molar-refractivity contribution in [3.8, 4) is 0 Å². The smallest absolute Gasteiger partial charge is 0.156 e. The fraction of sp³-hybridized carbons (Fsp3) is 0.333. The zero-order valence-corrected chi connectivity index (χ0v) is 11.8. The molecule has 0 radical (unpaired) electrons. The first-order valence-corrected chi connectivity index (χ1v) is 6.88. The number of aromatic amines is 1. The first-order valence-electron chi connectivity index (χ1n) is 6.51. The number of allylic oxidation sites excluding steroid dienone is 4. The van der Waals surface area contributed by atoms with Crippen LogP contribution in [0.25, 0.3) is 11.0 Å². The van der Waals surface area contributed by atoms with E-state index in [1.165, 1.54) is 11.1 Å². The van der Waals surface area contributed by atoms with Crippen LogP contribution in [0.15, 0.2) is 30.0 Å². The van der Waals surface area contributed by atoms with Gasteiger partial charge in [-0.1, -0.05) is 36.8 Å². The minimum Gasteiger partial charge on any atom is -0.357 e. The summed E-state index contributed by atoms with van der Waals surface area (Å²) in [4.78, 5) is 11.8. The molecule has 0 spiro atoms.